The second kappa shape index (κ2) is 7.13. The Hall–Kier alpha value is -2.28. The Balaban J connectivity index is 2.56. The van der Waals surface area contributed by atoms with Gasteiger partial charge in [0.1, 0.15) is 0 Å². The summed E-state index contributed by atoms with van der Waals surface area (Å²) in [6.07, 6.45) is 6.30. The number of amides is 1. The molecular formula is C14H15NO3. The van der Waals surface area contributed by atoms with Gasteiger partial charge in [0.05, 0.1) is 0 Å². The monoisotopic (exact) mass is 245 g/mol. The number of nitrogens with one attached hydrogen (secondary N) is 1. The van der Waals surface area contributed by atoms with Crippen molar-refractivity contribution < 1.29 is 14.7 Å². The number of carbonyl (C=O) groups is 2. The van der Waals surface area contributed by atoms with Gasteiger partial charge < -0.3 is 10.4 Å². The molecule has 94 valence electrons. The highest BCUT2D eigenvalue weighted by Crippen LogP contribution is 2.12. The average Bonchev–Trinajstić information content (AvgIpc) is 2.34. The number of hydrogen-bond acceptors (Lipinski definition) is 2. The summed E-state index contributed by atoms with van der Waals surface area (Å²) in [6.45, 7) is 0. The zero-order chi connectivity index (χ0) is 13.4. The second-order valence-corrected chi connectivity index (χ2v) is 3.85. The molecule has 4 nitrogen and oxygen atoms in total. The fourth-order valence-electron chi connectivity index (χ4n) is 1.47. The number of anilines is 1. The molecule has 0 atom stereocenters. The number of aryl methyl sites for hydroxylation is 1. The number of rotatable bonds is 6. The summed E-state index contributed by atoms with van der Waals surface area (Å²) in [4.78, 5) is 21.9. The van der Waals surface area contributed by atoms with Crippen LogP contribution in [0.4, 0.5) is 5.69 Å². The molecule has 1 amide bonds. The van der Waals surface area contributed by atoms with E-state index in [4.69, 9.17) is 11.5 Å². The summed E-state index contributed by atoms with van der Waals surface area (Å²) in [7, 11) is 0. The Kier molecular flexibility index (Phi) is 5.46. The Morgan fingerprint density at radius 1 is 1.33 bits per heavy atom. The van der Waals surface area contributed by atoms with Gasteiger partial charge in [0.25, 0.3) is 0 Å². The van der Waals surface area contributed by atoms with Gasteiger partial charge in [-0.3, -0.25) is 9.59 Å². The van der Waals surface area contributed by atoms with Crippen molar-refractivity contribution >= 4 is 17.6 Å². The van der Waals surface area contributed by atoms with Gasteiger partial charge in [-0.05, 0) is 24.1 Å². The summed E-state index contributed by atoms with van der Waals surface area (Å²) < 4.78 is 0. The molecule has 0 aliphatic heterocycles. The van der Waals surface area contributed by atoms with Crippen molar-refractivity contribution in [1.29, 1.82) is 0 Å². The molecule has 0 radical (unpaired) electrons. The molecule has 0 aliphatic carbocycles. The van der Waals surface area contributed by atoms with Crippen molar-refractivity contribution in [2.75, 3.05) is 5.32 Å². The highest BCUT2D eigenvalue weighted by molar-refractivity contribution is 5.90. The number of aliphatic carboxylic acids is 1. The molecule has 0 saturated heterocycles. The Morgan fingerprint density at radius 2 is 2.11 bits per heavy atom. The van der Waals surface area contributed by atoms with Crippen LogP contribution in [0.3, 0.4) is 0 Å². The van der Waals surface area contributed by atoms with Gasteiger partial charge in [-0.1, -0.05) is 12.1 Å². The van der Waals surface area contributed by atoms with E-state index in [1.807, 2.05) is 6.07 Å². The van der Waals surface area contributed by atoms with Crippen molar-refractivity contribution in [1.82, 2.24) is 0 Å². The lowest BCUT2D eigenvalue weighted by molar-refractivity contribution is -0.137. The zero-order valence-electron chi connectivity index (χ0n) is 9.98. The first-order chi connectivity index (χ1) is 8.61. The Morgan fingerprint density at radius 3 is 2.78 bits per heavy atom. The molecule has 18 heavy (non-hydrogen) atoms. The number of carboxylic acid groups (broad SMARTS) is 1. The van der Waals surface area contributed by atoms with Crippen LogP contribution >= 0.6 is 0 Å². The first kappa shape index (κ1) is 13.8. The van der Waals surface area contributed by atoms with Gasteiger partial charge in [-0.2, -0.15) is 0 Å². The van der Waals surface area contributed by atoms with E-state index < -0.39 is 5.97 Å². The number of carboxylic acids is 1. The number of benzene rings is 1. The molecule has 2 N–H and O–H groups in total. The maximum atomic E-state index is 11.4. The van der Waals surface area contributed by atoms with E-state index >= 15 is 0 Å². The molecule has 0 unspecified atom stereocenters. The Labute approximate surface area is 106 Å². The molecule has 4 heteroatoms. The summed E-state index contributed by atoms with van der Waals surface area (Å²) in [6, 6.07) is 7.16. The van der Waals surface area contributed by atoms with Gasteiger partial charge in [0.15, 0.2) is 0 Å². The van der Waals surface area contributed by atoms with E-state index in [0.29, 0.717) is 18.5 Å². The number of carbonyl (C=O) groups excluding carboxylic acids is 1. The molecule has 0 saturated carbocycles. The van der Waals surface area contributed by atoms with Crippen LogP contribution < -0.4 is 5.32 Å². The third-order valence-electron chi connectivity index (χ3n) is 2.33. The first-order valence-corrected chi connectivity index (χ1v) is 5.66. The normalized spacial score (nSPS) is 9.50. The molecule has 0 aromatic heterocycles. The van der Waals surface area contributed by atoms with Crippen LogP contribution in [0, 0.1) is 12.3 Å². The molecule has 1 aromatic carbocycles. The van der Waals surface area contributed by atoms with Gasteiger partial charge in [0.2, 0.25) is 5.91 Å². The standard InChI is InChI=1S/C14H15NO3/c1-2-3-7-13(16)15-12-6-4-5-11(10-12)8-9-14(17)18/h1,4-6,10H,3,7-9H2,(H,15,16)(H,17,18). The van der Waals surface area contributed by atoms with Crippen molar-refractivity contribution in [2.24, 2.45) is 0 Å². The van der Waals surface area contributed by atoms with Crippen molar-refractivity contribution in [3.8, 4) is 12.3 Å². The van der Waals surface area contributed by atoms with Crippen LogP contribution in [0.25, 0.3) is 0 Å². The van der Waals surface area contributed by atoms with Crippen LogP contribution in [0.2, 0.25) is 0 Å². The zero-order valence-corrected chi connectivity index (χ0v) is 9.98. The van der Waals surface area contributed by atoms with E-state index in [2.05, 4.69) is 11.2 Å². The highest BCUT2D eigenvalue weighted by Gasteiger charge is 2.03. The lowest BCUT2D eigenvalue weighted by Crippen LogP contribution is -2.11. The van der Waals surface area contributed by atoms with Crippen molar-refractivity contribution in [3.05, 3.63) is 29.8 Å². The minimum Gasteiger partial charge on any atom is -0.481 e. The third kappa shape index (κ3) is 5.17. The van der Waals surface area contributed by atoms with E-state index in [-0.39, 0.29) is 18.7 Å². The molecule has 1 rings (SSSR count). The average molecular weight is 245 g/mol. The fourth-order valence-corrected chi connectivity index (χ4v) is 1.47. The summed E-state index contributed by atoms with van der Waals surface area (Å²) in [5, 5.41) is 11.3. The number of terminal acetylenes is 1. The summed E-state index contributed by atoms with van der Waals surface area (Å²) >= 11 is 0. The Bertz CT molecular complexity index is 474. The third-order valence-corrected chi connectivity index (χ3v) is 2.33. The molecule has 0 spiro atoms. The predicted molar refractivity (Wildman–Crippen MR) is 69.1 cm³/mol. The van der Waals surface area contributed by atoms with Gasteiger partial charge >= 0.3 is 5.97 Å². The molecular weight excluding hydrogens is 230 g/mol. The van der Waals surface area contributed by atoms with Crippen LogP contribution in [-0.4, -0.2) is 17.0 Å². The quantitative estimate of drug-likeness (QED) is 0.754. The topological polar surface area (TPSA) is 66.4 Å². The largest absolute Gasteiger partial charge is 0.481 e. The lowest BCUT2D eigenvalue weighted by atomic mass is 10.1. The maximum absolute atomic E-state index is 11.4. The van der Waals surface area contributed by atoms with Crippen LogP contribution in [0.1, 0.15) is 24.8 Å². The molecule has 0 heterocycles. The molecule has 1 aromatic rings. The van der Waals surface area contributed by atoms with Gasteiger partial charge in [0, 0.05) is 24.9 Å². The minimum atomic E-state index is -0.835. The van der Waals surface area contributed by atoms with E-state index in [1.54, 1.807) is 18.2 Å². The lowest BCUT2D eigenvalue weighted by Gasteiger charge is -2.06. The highest BCUT2D eigenvalue weighted by atomic mass is 16.4. The van der Waals surface area contributed by atoms with Crippen LogP contribution in [0.15, 0.2) is 24.3 Å². The maximum Gasteiger partial charge on any atom is 0.303 e. The van der Waals surface area contributed by atoms with Crippen LogP contribution in [0.5, 0.6) is 0 Å². The minimum absolute atomic E-state index is 0.0779. The smallest absolute Gasteiger partial charge is 0.303 e. The first-order valence-electron chi connectivity index (χ1n) is 5.66. The summed E-state index contributed by atoms with van der Waals surface area (Å²) in [5.74, 6) is 1.43. The second-order valence-electron chi connectivity index (χ2n) is 3.85. The number of hydrogen-bond donors (Lipinski definition) is 2. The van der Waals surface area contributed by atoms with E-state index in [9.17, 15) is 9.59 Å². The SMILES string of the molecule is C#CCCC(=O)Nc1cccc(CCC(=O)O)c1. The van der Waals surface area contributed by atoms with Crippen LogP contribution in [-0.2, 0) is 16.0 Å². The van der Waals surface area contributed by atoms with E-state index in [1.165, 1.54) is 0 Å². The summed E-state index contributed by atoms with van der Waals surface area (Å²) in [5.41, 5.74) is 1.55. The van der Waals surface area contributed by atoms with E-state index in [0.717, 1.165) is 5.56 Å². The molecule has 0 aliphatic rings. The fraction of sp³-hybridized carbons (Fsp3) is 0.286. The van der Waals surface area contributed by atoms with Gasteiger partial charge in [-0.15, -0.1) is 12.3 Å². The van der Waals surface area contributed by atoms with Crippen molar-refractivity contribution in [2.45, 2.75) is 25.7 Å². The van der Waals surface area contributed by atoms with Gasteiger partial charge in [-0.25, -0.2) is 0 Å². The molecule has 0 fully saturated rings. The molecule has 0 bridgehead atoms. The predicted octanol–water partition coefficient (Wildman–Crippen LogP) is 2.06. The van der Waals surface area contributed by atoms with Crippen molar-refractivity contribution in [3.63, 3.8) is 0 Å².